The van der Waals surface area contributed by atoms with Gasteiger partial charge in [0.2, 0.25) is 0 Å². The second kappa shape index (κ2) is 7.51. The molecule has 0 atom stereocenters. The van der Waals surface area contributed by atoms with Gasteiger partial charge in [0.1, 0.15) is 11.6 Å². The van der Waals surface area contributed by atoms with Crippen molar-refractivity contribution in [3.05, 3.63) is 46.5 Å². The lowest BCUT2D eigenvalue weighted by Gasteiger charge is -2.18. The third-order valence-electron chi connectivity index (χ3n) is 3.27. The Morgan fingerprint density at radius 3 is 2.82 bits per heavy atom. The number of likely N-dealkylation sites (N-methyl/N-ethyl adjacent to an activating group) is 1. The smallest absolute Gasteiger partial charge is 0.260 e. The Balaban J connectivity index is 1.82. The molecule has 1 aromatic carbocycles. The van der Waals surface area contributed by atoms with Gasteiger partial charge in [-0.2, -0.15) is 0 Å². The maximum atomic E-state index is 12.0. The zero-order chi connectivity index (χ0) is 16.1. The van der Waals surface area contributed by atoms with Crippen molar-refractivity contribution in [3.63, 3.8) is 0 Å². The van der Waals surface area contributed by atoms with Crippen molar-refractivity contribution in [2.45, 2.75) is 13.5 Å². The minimum absolute atomic E-state index is 0.0687. The number of imidazole rings is 1. The number of aromatic nitrogens is 2. The van der Waals surface area contributed by atoms with E-state index >= 15 is 0 Å². The lowest BCUT2D eigenvalue weighted by molar-refractivity contribution is -0.132. The molecule has 1 aromatic heterocycles. The molecule has 0 saturated carbocycles. The molecule has 5 nitrogen and oxygen atoms in total. The molecule has 0 unspecified atom stereocenters. The molecule has 0 saturated heterocycles. The highest BCUT2D eigenvalue weighted by Crippen LogP contribution is 2.27. The number of rotatable bonds is 6. The van der Waals surface area contributed by atoms with Crippen molar-refractivity contribution in [1.29, 1.82) is 0 Å². The van der Waals surface area contributed by atoms with Crippen LogP contribution in [0.25, 0.3) is 0 Å². The average molecular weight is 342 g/mol. The van der Waals surface area contributed by atoms with Gasteiger partial charge in [0.25, 0.3) is 5.91 Å². The van der Waals surface area contributed by atoms with Crippen LogP contribution in [0.3, 0.4) is 0 Å². The Morgan fingerprint density at radius 2 is 2.18 bits per heavy atom. The first-order valence-electron chi connectivity index (χ1n) is 6.77. The molecule has 1 amide bonds. The minimum atomic E-state index is -0.121. The molecule has 0 radical (unpaired) electrons. The van der Waals surface area contributed by atoms with Crippen LogP contribution in [0.2, 0.25) is 10.0 Å². The molecule has 1 heterocycles. The molecule has 0 N–H and O–H groups in total. The molecule has 0 bridgehead atoms. The van der Waals surface area contributed by atoms with Crippen LogP contribution in [0.5, 0.6) is 5.75 Å². The van der Waals surface area contributed by atoms with E-state index in [9.17, 15) is 4.79 Å². The molecular weight excluding hydrogens is 325 g/mol. The summed E-state index contributed by atoms with van der Waals surface area (Å²) in [6.45, 7) is 3.12. The van der Waals surface area contributed by atoms with Gasteiger partial charge in [0.15, 0.2) is 6.61 Å². The zero-order valence-electron chi connectivity index (χ0n) is 12.4. The van der Waals surface area contributed by atoms with E-state index in [1.807, 2.05) is 17.7 Å². The summed E-state index contributed by atoms with van der Waals surface area (Å²) in [6.07, 6.45) is 3.63. The van der Waals surface area contributed by atoms with Crippen molar-refractivity contribution in [3.8, 4) is 5.75 Å². The molecular formula is C15H17Cl2N3O2. The first-order valence-corrected chi connectivity index (χ1v) is 7.52. The first-order chi connectivity index (χ1) is 10.5. The lowest BCUT2D eigenvalue weighted by atomic mass is 10.3. The van der Waals surface area contributed by atoms with Crippen molar-refractivity contribution >= 4 is 29.1 Å². The highest BCUT2D eigenvalue weighted by molar-refractivity contribution is 6.35. The molecule has 0 aliphatic rings. The van der Waals surface area contributed by atoms with Crippen LogP contribution >= 0.6 is 23.2 Å². The summed E-state index contributed by atoms with van der Waals surface area (Å²) in [4.78, 5) is 17.8. The van der Waals surface area contributed by atoms with Gasteiger partial charge >= 0.3 is 0 Å². The monoisotopic (exact) mass is 341 g/mol. The molecule has 2 aromatic rings. The van der Waals surface area contributed by atoms with Gasteiger partial charge in [-0.15, -0.1) is 0 Å². The van der Waals surface area contributed by atoms with Crippen molar-refractivity contribution in [2.75, 3.05) is 20.2 Å². The van der Waals surface area contributed by atoms with E-state index in [0.29, 0.717) is 28.9 Å². The van der Waals surface area contributed by atoms with E-state index in [-0.39, 0.29) is 12.5 Å². The maximum Gasteiger partial charge on any atom is 0.260 e. The average Bonchev–Trinajstić information content (AvgIpc) is 2.89. The number of carbonyl (C=O) groups excluding carboxylic acids is 1. The number of halogens is 2. The van der Waals surface area contributed by atoms with Gasteiger partial charge in [0.05, 0.1) is 5.02 Å². The van der Waals surface area contributed by atoms with E-state index in [4.69, 9.17) is 27.9 Å². The van der Waals surface area contributed by atoms with Crippen LogP contribution in [0.1, 0.15) is 5.82 Å². The Bertz CT molecular complexity index is 658. The number of aryl methyl sites for hydroxylation is 1. The van der Waals surface area contributed by atoms with E-state index in [0.717, 1.165) is 5.82 Å². The Morgan fingerprint density at radius 1 is 1.41 bits per heavy atom. The van der Waals surface area contributed by atoms with Crippen molar-refractivity contribution in [2.24, 2.45) is 0 Å². The second-order valence-corrected chi connectivity index (χ2v) is 5.69. The van der Waals surface area contributed by atoms with E-state index in [1.165, 1.54) is 0 Å². The first kappa shape index (κ1) is 16.6. The van der Waals surface area contributed by atoms with E-state index in [1.54, 1.807) is 36.3 Å². The predicted molar refractivity (Wildman–Crippen MR) is 86.6 cm³/mol. The summed E-state index contributed by atoms with van der Waals surface area (Å²) < 4.78 is 7.42. The second-order valence-electron chi connectivity index (χ2n) is 4.85. The highest BCUT2D eigenvalue weighted by atomic mass is 35.5. The molecule has 0 fully saturated rings. The van der Waals surface area contributed by atoms with Crippen LogP contribution in [0.4, 0.5) is 0 Å². The van der Waals surface area contributed by atoms with Gasteiger partial charge in [-0.1, -0.05) is 23.2 Å². The normalized spacial score (nSPS) is 10.5. The number of hydrogen-bond acceptors (Lipinski definition) is 3. The topological polar surface area (TPSA) is 47.4 Å². The summed E-state index contributed by atoms with van der Waals surface area (Å²) in [6, 6.07) is 4.89. The van der Waals surface area contributed by atoms with Crippen LogP contribution < -0.4 is 4.74 Å². The number of benzene rings is 1. The summed E-state index contributed by atoms with van der Waals surface area (Å²) in [5, 5.41) is 0.911. The van der Waals surface area contributed by atoms with Gasteiger partial charge in [-0.3, -0.25) is 4.79 Å². The molecule has 0 spiro atoms. The van der Waals surface area contributed by atoms with E-state index < -0.39 is 0 Å². The van der Waals surface area contributed by atoms with Gasteiger partial charge in [-0.25, -0.2) is 4.98 Å². The summed E-state index contributed by atoms with van der Waals surface area (Å²) in [5.41, 5.74) is 0. The molecule has 118 valence electrons. The Labute approximate surface area is 139 Å². The number of hydrogen-bond donors (Lipinski definition) is 0. The summed E-state index contributed by atoms with van der Waals surface area (Å²) >= 11 is 11.8. The standard InChI is InChI=1S/C15H17Cl2N3O2/c1-11-18-5-6-20(11)8-7-19(2)15(21)10-22-14-4-3-12(16)9-13(14)17/h3-6,9H,7-8,10H2,1-2H3. The van der Waals surface area contributed by atoms with Gasteiger partial charge in [0, 0.05) is 37.6 Å². The number of carbonyl (C=O) groups is 1. The molecule has 0 aliphatic heterocycles. The minimum Gasteiger partial charge on any atom is -0.482 e. The zero-order valence-corrected chi connectivity index (χ0v) is 13.9. The lowest BCUT2D eigenvalue weighted by Crippen LogP contribution is -2.34. The third kappa shape index (κ3) is 4.39. The molecule has 0 aliphatic carbocycles. The van der Waals surface area contributed by atoms with E-state index in [2.05, 4.69) is 4.98 Å². The summed E-state index contributed by atoms with van der Waals surface area (Å²) in [5.74, 6) is 1.24. The Hall–Kier alpha value is -1.72. The summed E-state index contributed by atoms with van der Waals surface area (Å²) in [7, 11) is 1.74. The quantitative estimate of drug-likeness (QED) is 0.811. The molecule has 22 heavy (non-hydrogen) atoms. The fourth-order valence-corrected chi connectivity index (χ4v) is 2.33. The number of ether oxygens (including phenoxy) is 1. The fourth-order valence-electron chi connectivity index (χ4n) is 1.86. The van der Waals surface area contributed by atoms with Crippen molar-refractivity contribution in [1.82, 2.24) is 14.5 Å². The maximum absolute atomic E-state index is 12.0. The van der Waals surface area contributed by atoms with Crippen LogP contribution in [0.15, 0.2) is 30.6 Å². The molecule has 2 rings (SSSR count). The van der Waals surface area contributed by atoms with Crippen LogP contribution in [-0.2, 0) is 11.3 Å². The van der Waals surface area contributed by atoms with Gasteiger partial charge in [-0.05, 0) is 25.1 Å². The van der Waals surface area contributed by atoms with Crippen LogP contribution in [0, 0.1) is 6.92 Å². The van der Waals surface area contributed by atoms with Crippen molar-refractivity contribution < 1.29 is 9.53 Å². The number of nitrogens with zero attached hydrogens (tertiary/aromatic N) is 3. The number of amides is 1. The Kier molecular flexibility index (Phi) is 5.69. The van der Waals surface area contributed by atoms with Crippen LogP contribution in [-0.4, -0.2) is 40.6 Å². The SMILES string of the molecule is Cc1nccn1CCN(C)C(=O)COc1ccc(Cl)cc1Cl. The van der Waals surface area contributed by atoms with Gasteiger partial charge < -0.3 is 14.2 Å². The largest absolute Gasteiger partial charge is 0.482 e. The third-order valence-corrected chi connectivity index (χ3v) is 3.80. The predicted octanol–water partition coefficient (Wildman–Crippen LogP) is 3.04. The highest BCUT2D eigenvalue weighted by Gasteiger charge is 2.11. The fraction of sp³-hybridized carbons (Fsp3) is 0.333. The molecule has 7 heteroatoms.